The van der Waals surface area contributed by atoms with E-state index in [2.05, 4.69) is 33.5 Å². The van der Waals surface area contributed by atoms with E-state index in [-0.39, 0.29) is 23.9 Å². The van der Waals surface area contributed by atoms with Crippen molar-refractivity contribution >= 4 is 27.7 Å². The number of halogens is 1. The lowest BCUT2D eigenvalue weighted by atomic mass is 9.70. The predicted octanol–water partition coefficient (Wildman–Crippen LogP) is 3.66. The molecule has 0 bridgehead atoms. The van der Waals surface area contributed by atoms with Crippen LogP contribution >= 0.6 is 15.9 Å². The van der Waals surface area contributed by atoms with Crippen molar-refractivity contribution in [2.45, 2.75) is 57.5 Å². The maximum atomic E-state index is 12.7. The van der Waals surface area contributed by atoms with Gasteiger partial charge in [0, 0.05) is 23.0 Å². The quantitative estimate of drug-likeness (QED) is 0.760. The van der Waals surface area contributed by atoms with Crippen LogP contribution < -0.4 is 15.4 Å². The highest BCUT2D eigenvalue weighted by atomic mass is 79.9. The van der Waals surface area contributed by atoms with Gasteiger partial charge in [-0.3, -0.25) is 9.59 Å². The van der Waals surface area contributed by atoms with Gasteiger partial charge >= 0.3 is 0 Å². The van der Waals surface area contributed by atoms with Crippen molar-refractivity contribution in [2.75, 3.05) is 7.11 Å². The number of hydrogen-bond donors (Lipinski definition) is 2. The molecule has 1 heterocycles. The topological polar surface area (TPSA) is 67.4 Å². The van der Waals surface area contributed by atoms with Gasteiger partial charge in [-0.15, -0.1) is 0 Å². The van der Waals surface area contributed by atoms with Crippen molar-refractivity contribution < 1.29 is 14.3 Å². The number of methoxy groups -OCH3 is 1. The van der Waals surface area contributed by atoms with Gasteiger partial charge in [-0.1, -0.05) is 13.3 Å². The number of piperidine rings is 1. The number of ether oxygens (including phenoxy) is 1. The Balaban J connectivity index is 1.65. The molecule has 2 aliphatic rings. The van der Waals surface area contributed by atoms with Crippen LogP contribution in [0.4, 0.5) is 0 Å². The molecule has 1 saturated heterocycles. The molecular formula is C20H27BrN2O3. The second kappa shape index (κ2) is 8.42. The van der Waals surface area contributed by atoms with E-state index >= 15 is 0 Å². The minimum Gasteiger partial charge on any atom is -0.497 e. The van der Waals surface area contributed by atoms with E-state index in [0.717, 1.165) is 36.6 Å². The van der Waals surface area contributed by atoms with Crippen LogP contribution in [0.3, 0.4) is 0 Å². The first-order chi connectivity index (χ1) is 12.5. The summed E-state index contributed by atoms with van der Waals surface area (Å²) in [6.07, 6.45) is 5.71. The average molecular weight is 423 g/mol. The minimum absolute atomic E-state index is 0.0857. The molecule has 1 aromatic carbocycles. The Morgan fingerprint density at radius 3 is 2.92 bits per heavy atom. The lowest BCUT2D eigenvalue weighted by molar-refractivity contribution is -0.127. The number of nitrogens with one attached hydrogen (secondary N) is 2. The number of fused-ring (bicyclic) bond motifs is 1. The summed E-state index contributed by atoms with van der Waals surface area (Å²) >= 11 is 3.44. The van der Waals surface area contributed by atoms with Crippen molar-refractivity contribution in [2.24, 2.45) is 11.8 Å². The lowest BCUT2D eigenvalue weighted by Gasteiger charge is -2.44. The van der Waals surface area contributed by atoms with Crippen molar-refractivity contribution in [1.82, 2.24) is 10.6 Å². The third kappa shape index (κ3) is 4.22. The monoisotopic (exact) mass is 422 g/mol. The second-order valence-corrected chi connectivity index (χ2v) is 8.27. The van der Waals surface area contributed by atoms with Gasteiger partial charge in [-0.25, -0.2) is 0 Å². The molecule has 0 radical (unpaired) electrons. The zero-order valence-electron chi connectivity index (χ0n) is 15.4. The summed E-state index contributed by atoms with van der Waals surface area (Å²) in [6.45, 7) is 2.18. The minimum atomic E-state index is -0.105. The number of amides is 2. The van der Waals surface area contributed by atoms with Crippen molar-refractivity contribution in [3.05, 3.63) is 28.2 Å². The molecule has 0 aromatic heterocycles. The fourth-order valence-corrected chi connectivity index (χ4v) is 4.89. The Bertz CT molecular complexity index is 679. The fourth-order valence-electron chi connectivity index (χ4n) is 4.47. The lowest BCUT2D eigenvalue weighted by Crippen LogP contribution is -2.55. The van der Waals surface area contributed by atoms with E-state index in [0.29, 0.717) is 29.6 Å². The van der Waals surface area contributed by atoms with Crippen LogP contribution in [0.1, 0.15) is 55.8 Å². The van der Waals surface area contributed by atoms with Crippen LogP contribution in [0.15, 0.2) is 22.7 Å². The molecular weight excluding hydrogens is 396 g/mol. The van der Waals surface area contributed by atoms with Gasteiger partial charge in [0.25, 0.3) is 5.91 Å². The number of rotatable bonds is 5. The molecule has 2 N–H and O–H groups in total. The summed E-state index contributed by atoms with van der Waals surface area (Å²) in [5, 5.41) is 6.31. The molecule has 142 valence electrons. The summed E-state index contributed by atoms with van der Waals surface area (Å²) in [5.74, 6) is 1.75. The van der Waals surface area contributed by atoms with Crippen LogP contribution in [0.2, 0.25) is 0 Å². The van der Waals surface area contributed by atoms with E-state index < -0.39 is 0 Å². The molecule has 4 atom stereocenters. The summed E-state index contributed by atoms with van der Waals surface area (Å²) in [6, 6.07) is 5.65. The molecule has 1 aliphatic heterocycles. The van der Waals surface area contributed by atoms with Crippen molar-refractivity contribution in [3.8, 4) is 5.75 Å². The first-order valence-corrected chi connectivity index (χ1v) is 10.2. The third-order valence-electron chi connectivity index (χ3n) is 5.72. The van der Waals surface area contributed by atoms with E-state index in [1.807, 2.05) is 12.1 Å². The Hall–Kier alpha value is -1.56. The molecule has 4 unspecified atom stereocenters. The zero-order valence-corrected chi connectivity index (χ0v) is 17.0. The van der Waals surface area contributed by atoms with Crippen LogP contribution in [-0.2, 0) is 4.79 Å². The van der Waals surface area contributed by atoms with Crippen LogP contribution in [-0.4, -0.2) is 31.0 Å². The molecule has 6 heteroatoms. The van der Waals surface area contributed by atoms with Gasteiger partial charge < -0.3 is 15.4 Å². The molecule has 5 nitrogen and oxygen atoms in total. The van der Waals surface area contributed by atoms with E-state index in [9.17, 15) is 9.59 Å². The van der Waals surface area contributed by atoms with Gasteiger partial charge in [-0.2, -0.15) is 0 Å². The second-order valence-electron chi connectivity index (χ2n) is 7.42. The third-order valence-corrected chi connectivity index (χ3v) is 6.41. The fraction of sp³-hybridized carbons (Fsp3) is 0.600. The summed E-state index contributed by atoms with van der Waals surface area (Å²) in [5.41, 5.74) is 0.572. The molecule has 1 aliphatic carbocycles. The molecule has 26 heavy (non-hydrogen) atoms. The standard InChI is InChI=1S/C20H27BrN2O3/c1-3-4-12-9-19(24)23-18-10-13(5-7-15(12)18)22-20(25)16-11-14(26-2)6-8-17(16)21/h6,8,11-13,15,18H,3-5,7,9-10H2,1-2H3,(H,22,25)(H,23,24). The van der Waals surface area contributed by atoms with E-state index in [4.69, 9.17) is 4.74 Å². The van der Waals surface area contributed by atoms with Crippen LogP contribution in [0.5, 0.6) is 5.75 Å². The smallest absolute Gasteiger partial charge is 0.252 e. The highest BCUT2D eigenvalue weighted by Crippen LogP contribution is 2.37. The van der Waals surface area contributed by atoms with Crippen LogP contribution in [0.25, 0.3) is 0 Å². The number of carbonyl (C=O) groups is 2. The van der Waals surface area contributed by atoms with Crippen LogP contribution in [0, 0.1) is 11.8 Å². The number of benzene rings is 1. The Morgan fingerprint density at radius 1 is 1.38 bits per heavy atom. The van der Waals surface area contributed by atoms with Gasteiger partial charge in [0.2, 0.25) is 5.91 Å². The molecule has 2 amide bonds. The Labute approximate surface area is 163 Å². The molecule has 1 saturated carbocycles. The normalized spacial score (nSPS) is 28.0. The van der Waals surface area contributed by atoms with Gasteiger partial charge in [0.1, 0.15) is 5.75 Å². The van der Waals surface area contributed by atoms with E-state index in [1.54, 1.807) is 13.2 Å². The number of carbonyl (C=O) groups excluding carboxylic acids is 2. The largest absolute Gasteiger partial charge is 0.497 e. The summed E-state index contributed by atoms with van der Waals surface area (Å²) in [7, 11) is 1.59. The van der Waals surface area contributed by atoms with E-state index in [1.165, 1.54) is 0 Å². The molecule has 1 aromatic rings. The van der Waals surface area contributed by atoms with Gasteiger partial charge in [-0.05, 0) is 71.6 Å². The first kappa shape index (κ1) is 19.2. The van der Waals surface area contributed by atoms with Crippen molar-refractivity contribution in [3.63, 3.8) is 0 Å². The number of hydrogen-bond acceptors (Lipinski definition) is 3. The average Bonchev–Trinajstić information content (AvgIpc) is 2.62. The SMILES string of the molecule is CCCC1CC(=O)NC2CC(NC(=O)c3cc(OC)ccc3Br)CCC12. The highest BCUT2D eigenvalue weighted by Gasteiger charge is 2.40. The van der Waals surface area contributed by atoms with Gasteiger partial charge in [0.05, 0.1) is 12.7 Å². The Morgan fingerprint density at radius 2 is 2.19 bits per heavy atom. The predicted molar refractivity (Wildman–Crippen MR) is 104 cm³/mol. The van der Waals surface area contributed by atoms with Gasteiger partial charge in [0.15, 0.2) is 0 Å². The molecule has 2 fully saturated rings. The highest BCUT2D eigenvalue weighted by molar-refractivity contribution is 9.10. The zero-order chi connectivity index (χ0) is 18.7. The summed E-state index contributed by atoms with van der Waals surface area (Å²) < 4.78 is 5.97. The maximum Gasteiger partial charge on any atom is 0.252 e. The maximum absolute atomic E-state index is 12.7. The molecule has 3 rings (SSSR count). The molecule has 0 spiro atoms. The van der Waals surface area contributed by atoms with Crippen molar-refractivity contribution in [1.29, 1.82) is 0 Å². The summed E-state index contributed by atoms with van der Waals surface area (Å²) in [4.78, 5) is 24.8. The Kier molecular flexibility index (Phi) is 6.22. The first-order valence-electron chi connectivity index (χ1n) is 9.45.